The topological polar surface area (TPSA) is 58.2 Å². The van der Waals surface area contributed by atoms with Gasteiger partial charge in [0.2, 0.25) is 0 Å². The minimum absolute atomic E-state index is 0.0361. The zero-order valence-electron chi connectivity index (χ0n) is 15.1. The number of anilines is 1. The molecule has 3 aromatic carbocycles. The Morgan fingerprint density at radius 1 is 0.828 bits per heavy atom. The van der Waals surface area contributed by atoms with Crippen LogP contribution >= 0.6 is 46.6 Å². The molecule has 4 nitrogen and oxygen atoms in total. The molecule has 3 aromatic rings. The number of aryl methyl sites for hydroxylation is 1. The fourth-order valence-corrected chi connectivity index (χ4v) is 4.26. The van der Waals surface area contributed by atoms with E-state index in [4.69, 9.17) is 34.8 Å². The van der Waals surface area contributed by atoms with Crippen LogP contribution in [-0.2, 0) is 0 Å². The Morgan fingerprint density at radius 3 is 2.17 bits per heavy atom. The molecule has 0 spiro atoms. The normalized spacial score (nSPS) is 10.5. The van der Waals surface area contributed by atoms with Crippen molar-refractivity contribution in [1.29, 1.82) is 0 Å². The number of rotatable bonds is 4. The van der Waals surface area contributed by atoms with Gasteiger partial charge in [-0.1, -0.05) is 70.8 Å². The zero-order chi connectivity index (χ0) is 21.0. The second kappa shape index (κ2) is 9.55. The highest BCUT2D eigenvalue weighted by molar-refractivity contribution is 7.99. The average Bonchev–Trinajstić information content (AvgIpc) is 2.65. The summed E-state index contributed by atoms with van der Waals surface area (Å²) in [6.07, 6.45) is 0. The smallest absolute Gasteiger partial charge is 0.308 e. The molecule has 0 aliphatic carbocycles. The summed E-state index contributed by atoms with van der Waals surface area (Å²) in [5.41, 5.74) is 1.63. The largest absolute Gasteiger partial charge is 0.326 e. The third-order valence-electron chi connectivity index (χ3n) is 3.92. The molecule has 0 unspecified atom stereocenters. The second-order valence-electron chi connectivity index (χ2n) is 6.02. The van der Waals surface area contributed by atoms with E-state index in [0.717, 1.165) is 15.4 Å². The predicted molar refractivity (Wildman–Crippen MR) is 120 cm³/mol. The minimum atomic E-state index is -0.721. The SMILES string of the molecule is Cc1ccccc1Sc1ccc(NC(=O)NC(=O)c2c(Cl)cccc2Cl)cc1Cl. The first-order valence-electron chi connectivity index (χ1n) is 8.44. The molecule has 0 saturated heterocycles. The van der Waals surface area contributed by atoms with Gasteiger partial charge in [0.1, 0.15) is 0 Å². The molecule has 0 heterocycles. The molecular formula is C21H15Cl3N2O2S. The van der Waals surface area contributed by atoms with Gasteiger partial charge in [-0.3, -0.25) is 10.1 Å². The standard InChI is InChI=1S/C21H15Cl3N2O2S/c1-12-5-2-3-8-17(12)29-18-10-9-13(11-16(18)24)25-21(28)26-20(27)19-14(22)6-4-7-15(19)23/h2-11H,1H3,(H2,25,26,27,28). The molecule has 29 heavy (non-hydrogen) atoms. The summed E-state index contributed by atoms with van der Waals surface area (Å²) in [5.74, 6) is -0.698. The predicted octanol–water partition coefficient (Wildman–Crippen LogP) is 7.07. The molecule has 0 bridgehead atoms. The van der Waals surface area contributed by atoms with Crippen molar-refractivity contribution in [1.82, 2.24) is 5.32 Å². The van der Waals surface area contributed by atoms with Crippen molar-refractivity contribution in [2.24, 2.45) is 0 Å². The summed E-state index contributed by atoms with van der Waals surface area (Å²) < 4.78 is 0. The van der Waals surface area contributed by atoms with E-state index in [9.17, 15) is 9.59 Å². The highest BCUT2D eigenvalue weighted by Gasteiger charge is 2.17. The average molecular weight is 466 g/mol. The van der Waals surface area contributed by atoms with Crippen molar-refractivity contribution in [3.63, 3.8) is 0 Å². The number of carbonyl (C=O) groups excluding carboxylic acids is 2. The number of urea groups is 1. The van der Waals surface area contributed by atoms with Crippen LogP contribution in [-0.4, -0.2) is 11.9 Å². The molecule has 0 fully saturated rings. The first kappa shape index (κ1) is 21.5. The molecular weight excluding hydrogens is 451 g/mol. The third-order valence-corrected chi connectivity index (χ3v) is 6.23. The van der Waals surface area contributed by atoms with Gasteiger partial charge in [0, 0.05) is 15.5 Å². The zero-order valence-corrected chi connectivity index (χ0v) is 18.2. The molecule has 148 valence electrons. The van der Waals surface area contributed by atoms with E-state index in [2.05, 4.69) is 10.6 Å². The maximum absolute atomic E-state index is 12.3. The molecule has 3 rings (SSSR count). The molecule has 2 N–H and O–H groups in total. The Morgan fingerprint density at radius 2 is 1.52 bits per heavy atom. The van der Waals surface area contributed by atoms with E-state index < -0.39 is 11.9 Å². The number of carbonyl (C=O) groups is 2. The van der Waals surface area contributed by atoms with E-state index in [1.807, 2.05) is 37.3 Å². The monoisotopic (exact) mass is 464 g/mol. The Hall–Kier alpha value is -2.18. The molecule has 3 amide bonds. The lowest BCUT2D eigenvalue weighted by Gasteiger charge is -2.11. The Kier molecular flexibility index (Phi) is 7.09. The third kappa shape index (κ3) is 5.46. The first-order valence-corrected chi connectivity index (χ1v) is 10.4. The number of nitrogens with one attached hydrogen (secondary N) is 2. The van der Waals surface area contributed by atoms with Gasteiger partial charge in [0.15, 0.2) is 0 Å². The lowest BCUT2D eigenvalue weighted by atomic mass is 10.2. The van der Waals surface area contributed by atoms with E-state index in [0.29, 0.717) is 10.7 Å². The quantitative estimate of drug-likeness (QED) is 0.433. The Labute approximate surface area is 187 Å². The molecule has 0 aliphatic rings. The number of benzene rings is 3. The van der Waals surface area contributed by atoms with Gasteiger partial charge >= 0.3 is 6.03 Å². The summed E-state index contributed by atoms with van der Waals surface area (Å²) in [4.78, 5) is 26.4. The second-order valence-corrected chi connectivity index (χ2v) is 8.32. The Bertz CT molecular complexity index is 1070. The maximum Gasteiger partial charge on any atom is 0.326 e. The van der Waals surface area contributed by atoms with Crippen LogP contribution in [0.1, 0.15) is 15.9 Å². The highest BCUT2D eigenvalue weighted by atomic mass is 35.5. The van der Waals surface area contributed by atoms with Crippen molar-refractivity contribution in [2.45, 2.75) is 16.7 Å². The summed E-state index contributed by atoms with van der Waals surface area (Å²) in [6, 6.07) is 17.0. The molecule has 0 saturated carbocycles. The van der Waals surface area contributed by atoms with Gasteiger partial charge in [-0.25, -0.2) is 4.79 Å². The first-order chi connectivity index (χ1) is 13.8. The fraction of sp³-hybridized carbons (Fsp3) is 0.0476. The lowest BCUT2D eigenvalue weighted by Crippen LogP contribution is -2.34. The van der Waals surface area contributed by atoms with Crippen molar-refractivity contribution >= 4 is 64.2 Å². The van der Waals surface area contributed by atoms with Crippen LogP contribution in [0.4, 0.5) is 10.5 Å². The number of imide groups is 1. The van der Waals surface area contributed by atoms with Crippen molar-refractivity contribution in [2.75, 3.05) is 5.32 Å². The summed E-state index contributed by atoms with van der Waals surface area (Å²) >= 11 is 19.9. The van der Waals surface area contributed by atoms with Gasteiger partial charge in [-0.2, -0.15) is 0 Å². The lowest BCUT2D eigenvalue weighted by molar-refractivity contribution is 0.0967. The van der Waals surface area contributed by atoms with Crippen LogP contribution in [0.5, 0.6) is 0 Å². The summed E-state index contributed by atoms with van der Waals surface area (Å²) in [6.45, 7) is 2.03. The van der Waals surface area contributed by atoms with E-state index >= 15 is 0 Å². The molecule has 0 aliphatic heterocycles. The van der Waals surface area contributed by atoms with Crippen LogP contribution in [0.2, 0.25) is 15.1 Å². The number of amides is 3. The summed E-state index contributed by atoms with van der Waals surface area (Å²) in [5, 5.41) is 5.57. The van der Waals surface area contributed by atoms with E-state index in [1.165, 1.54) is 23.9 Å². The van der Waals surface area contributed by atoms with E-state index in [-0.39, 0.29) is 15.6 Å². The van der Waals surface area contributed by atoms with Crippen LogP contribution in [0.15, 0.2) is 70.5 Å². The van der Waals surface area contributed by atoms with Crippen molar-refractivity contribution < 1.29 is 9.59 Å². The molecule has 8 heteroatoms. The molecule has 0 aromatic heterocycles. The van der Waals surface area contributed by atoms with Gasteiger partial charge in [-0.15, -0.1) is 0 Å². The van der Waals surface area contributed by atoms with Gasteiger partial charge in [0.25, 0.3) is 5.91 Å². The Balaban J connectivity index is 1.67. The van der Waals surface area contributed by atoms with Crippen molar-refractivity contribution in [3.05, 3.63) is 86.9 Å². The van der Waals surface area contributed by atoms with Gasteiger partial charge in [-0.05, 0) is 48.9 Å². The highest BCUT2D eigenvalue weighted by Crippen LogP contribution is 2.36. The molecule has 0 atom stereocenters. The van der Waals surface area contributed by atoms with Gasteiger partial charge in [0.05, 0.1) is 20.6 Å². The summed E-state index contributed by atoms with van der Waals surface area (Å²) in [7, 11) is 0. The minimum Gasteiger partial charge on any atom is -0.308 e. The van der Waals surface area contributed by atoms with Crippen LogP contribution in [0.3, 0.4) is 0 Å². The van der Waals surface area contributed by atoms with Gasteiger partial charge < -0.3 is 5.32 Å². The van der Waals surface area contributed by atoms with Crippen LogP contribution in [0, 0.1) is 6.92 Å². The van der Waals surface area contributed by atoms with Crippen LogP contribution in [0.25, 0.3) is 0 Å². The molecule has 0 radical (unpaired) electrons. The number of halogens is 3. The fourth-order valence-electron chi connectivity index (χ4n) is 2.49. The van der Waals surface area contributed by atoms with E-state index in [1.54, 1.807) is 18.2 Å². The van der Waals surface area contributed by atoms with Crippen molar-refractivity contribution in [3.8, 4) is 0 Å². The van der Waals surface area contributed by atoms with Crippen LogP contribution < -0.4 is 10.6 Å². The maximum atomic E-state index is 12.3. The number of hydrogen-bond donors (Lipinski definition) is 2. The number of hydrogen-bond acceptors (Lipinski definition) is 3.